The van der Waals surface area contributed by atoms with Gasteiger partial charge in [0.05, 0.1) is 22.5 Å². The highest BCUT2D eigenvalue weighted by Gasteiger charge is 2.36. The largest absolute Gasteiger partial charge is 0.416 e. The van der Waals surface area contributed by atoms with Gasteiger partial charge in [0.2, 0.25) is 21.8 Å². The van der Waals surface area contributed by atoms with Crippen molar-refractivity contribution in [2.75, 3.05) is 23.7 Å². The van der Waals surface area contributed by atoms with Gasteiger partial charge in [-0.1, -0.05) is 78.7 Å². The number of rotatable bonds is 12. The average Bonchev–Trinajstić information content (AvgIpc) is 2.93. The van der Waals surface area contributed by atoms with Gasteiger partial charge in [0.15, 0.2) is 0 Å². The molecule has 0 aliphatic rings. The van der Waals surface area contributed by atoms with Crippen molar-refractivity contribution < 1.29 is 31.2 Å². The molecule has 1 atom stereocenters. The van der Waals surface area contributed by atoms with Gasteiger partial charge in [0.1, 0.15) is 12.6 Å². The van der Waals surface area contributed by atoms with Gasteiger partial charge in [-0.15, -0.1) is 0 Å². The number of hydrogen-bond acceptors (Lipinski definition) is 4. The van der Waals surface area contributed by atoms with E-state index < -0.39 is 51.9 Å². The molecule has 1 N–H and O–H groups in total. The van der Waals surface area contributed by atoms with Crippen LogP contribution in [0.1, 0.15) is 30.0 Å². The second-order valence-electron chi connectivity index (χ2n) is 9.54. The summed E-state index contributed by atoms with van der Waals surface area (Å²) in [5, 5.41) is 2.80. The average molecular weight is 645 g/mol. The number of nitrogens with zero attached hydrogens (tertiary/aromatic N) is 2. The van der Waals surface area contributed by atoms with Crippen LogP contribution in [0, 0.1) is 0 Å². The molecule has 0 aromatic heterocycles. The molecule has 0 unspecified atom stereocenters. The van der Waals surface area contributed by atoms with E-state index in [0.717, 1.165) is 17.9 Å². The van der Waals surface area contributed by atoms with Crippen molar-refractivity contribution in [3.8, 4) is 0 Å². The van der Waals surface area contributed by atoms with E-state index in [4.69, 9.17) is 23.2 Å². The van der Waals surface area contributed by atoms with Crippen LogP contribution in [-0.2, 0) is 38.8 Å². The first-order valence-electron chi connectivity index (χ1n) is 12.9. The Hall–Kier alpha value is -3.28. The number of amides is 2. The number of benzene rings is 3. The first kappa shape index (κ1) is 33.2. The van der Waals surface area contributed by atoms with Crippen LogP contribution in [0.2, 0.25) is 10.0 Å². The number of carbonyl (C=O) groups is 2. The van der Waals surface area contributed by atoms with Crippen molar-refractivity contribution in [1.29, 1.82) is 0 Å². The summed E-state index contributed by atoms with van der Waals surface area (Å²) in [7, 11) is -4.32. The summed E-state index contributed by atoms with van der Waals surface area (Å²) >= 11 is 12.5. The van der Waals surface area contributed by atoms with E-state index in [1.165, 1.54) is 4.90 Å². The molecule has 0 radical (unpaired) electrons. The van der Waals surface area contributed by atoms with Gasteiger partial charge in [-0.05, 0) is 41.8 Å². The Labute approximate surface area is 253 Å². The molecule has 0 fully saturated rings. The fourth-order valence-corrected chi connectivity index (χ4v) is 5.52. The van der Waals surface area contributed by atoms with Crippen molar-refractivity contribution in [2.45, 2.75) is 38.5 Å². The molecule has 2 amide bonds. The van der Waals surface area contributed by atoms with Crippen LogP contribution in [0.25, 0.3) is 0 Å². The Kier molecular flexibility index (Phi) is 11.3. The predicted octanol–water partition coefficient (Wildman–Crippen LogP) is 5.94. The minimum atomic E-state index is -4.79. The molecule has 0 aliphatic carbocycles. The maximum absolute atomic E-state index is 14.0. The smallest absolute Gasteiger partial charge is 0.354 e. The van der Waals surface area contributed by atoms with Crippen molar-refractivity contribution in [2.24, 2.45) is 0 Å². The Morgan fingerprint density at radius 1 is 0.952 bits per heavy atom. The van der Waals surface area contributed by atoms with Gasteiger partial charge in [0, 0.05) is 24.5 Å². The quantitative estimate of drug-likeness (QED) is 0.264. The lowest BCUT2D eigenvalue weighted by Gasteiger charge is -2.34. The van der Waals surface area contributed by atoms with Crippen LogP contribution in [0.3, 0.4) is 0 Å². The van der Waals surface area contributed by atoms with Gasteiger partial charge < -0.3 is 10.2 Å². The summed E-state index contributed by atoms with van der Waals surface area (Å²) < 4.78 is 66.7. The van der Waals surface area contributed by atoms with Gasteiger partial charge in [-0.25, -0.2) is 8.42 Å². The molecule has 42 heavy (non-hydrogen) atoms. The number of alkyl halides is 3. The number of sulfonamides is 1. The zero-order valence-corrected chi connectivity index (χ0v) is 25.2. The fourth-order valence-electron chi connectivity index (χ4n) is 4.20. The Morgan fingerprint density at radius 3 is 2.19 bits per heavy atom. The SMILES string of the molecule is CCCNC(=O)[C@H](Cc1ccccc1)N(Cc1ccccc1Cl)C(=O)CN(c1cc(C(F)(F)F)ccc1Cl)S(C)(=O)=O. The molecule has 226 valence electrons. The third-order valence-corrected chi connectivity index (χ3v) is 8.16. The second-order valence-corrected chi connectivity index (χ2v) is 12.3. The van der Waals surface area contributed by atoms with Crippen molar-refractivity contribution >= 4 is 50.7 Å². The zero-order valence-electron chi connectivity index (χ0n) is 22.9. The molecule has 0 saturated carbocycles. The molecule has 7 nitrogen and oxygen atoms in total. The van der Waals surface area contributed by atoms with Crippen molar-refractivity contribution in [1.82, 2.24) is 10.2 Å². The van der Waals surface area contributed by atoms with Crippen LogP contribution < -0.4 is 9.62 Å². The standard InChI is InChI=1S/C29H30Cl2F3N3O4S/c1-3-15-35-28(39)26(16-20-9-5-4-6-10-20)36(18-21-11-7-8-12-23(21)30)27(38)19-37(42(2,40)41)25-17-22(29(32,33)34)13-14-24(25)31/h4-14,17,26H,3,15-16,18-19H2,1-2H3,(H,35,39)/t26-/m0/s1. The Morgan fingerprint density at radius 2 is 1.60 bits per heavy atom. The molecular weight excluding hydrogens is 614 g/mol. The van der Waals surface area contributed by atoms with Crippen LogP contribution in [0.5, 0.6) is 0 Å². The van der Waals surface area contributed by atoms with Crippen molar-refractivity contribution in [3.05, 3.63) is 99.5 Å². The number of anilines is 1. The Bertz CT molecular complexity index is 1510. The van der Waals surface area contributed by atoms with E-state index in [0.29, 0.717) is 40.0 Å². The molecular formula is C29H30Cl2F3N3O4S. The molecule has 0 heterocycles. The topological polar surface area (TPSA) is 86.8 Å². The fraction of sp³-hybridized carbons (Fsp3) is 0.310. The van der Waals surface area contributed by atoms with E-state index >= 15 is 0 Å². The monoisotopic (exact) mass is 643 g/mol. The third-order valence-electron chi connectivity index (χ3n) is 6.34. The number of halogens is 5. The maximum atomic E-state index is 14.0. The van der Waals surface area contributed by atoms with Crippen LogP contribution in [0.4, 0.5) is 18.9 Å². The van der Waals surface area contributed by atoms with E-state index in [1.807, 2.05) is 6.92 Å². The van der Waals surface area contributed by atoms with Crippen LogP contribution in [-0.4, -0.2) is 50.5 Å². The van der Waals surface area contributed by atoms with Gasteiger partial charge >= 0.3 is 6.18 Å². The third kappa shape index (κ3) is 8.86. The van der Waals surface area contributed by atoms with E-state index in [2.05, 4.69) is 5.32 Å². The lowest BCUT2D eigenvalue weighted by Crippen LogP contribution is -2.53. The summed E-state index contributed by atoms with van der Waals surface area (Å²) in [6.07, 6.45) is -3.33. The highest BCUT2D eigenvalue weighted by atomic mass is 35.5. The number of hydrogen-bond donors (Lipinski definition) is 1. The number of carbonyl (C=O) groups excluding carboxylic acids is 2. The first-order chi connectivity index (χ1) is 19.7. The molecule has 0 spiro atoms. The van der Waals surface area contributed by atoms with E-state index in [-0.39, 0.29) is 18.0 Å². The number of nitrogens with one attached hydrogen (secondary N) is 1. The molecule has 13 heteroatoms. The van der Waals surface area contributed by atoms with E-state index in [1.54, 1.807) is 54.6 Å². The highest BCUT2D eigenvalue weighted by molar-refractivity contribution is 7.92. The molecule has 0 bridgehead atoms. The van der Waals surface area contributed by atoms with Crippen molar-refractivity contribution in [3.63, 3.8) is 0 Å². The summed E-state index contributed by atoms with van der Waals surface area (Å²) in [5.74, 6) is -1.33. The molecule has 0 aliphatic heterocycles. The predicted molar refractivity (Wildman–Crippen MR) is 158 cm³/mol. The maximum Gasteiger partial charge on any atom is 0.416 e. The van der Waals surface area contributed by atoms with Gasteiger partial charge in [-0.2, -0.15) is 13.2 Å². The molecule has 3 aromatic rings. The first-order valence-corrected chi connectivity index (χ1v) is 15.5. The van der Waals surface area contributed by atoms with Gasteiger partial charge in [0.25, 0.3) is 0 Å². The normalized spacial score (nSPS) is 12.5. The molecule has 0 saturated heterocycles. The summed E-state index contributed by atoms with van der Waals surface area (Å²) in [5.41, 5.74) is -0.448. The molecule has 3 rings (SSSR count). The molecule has 3 aromatic carbocycles. The zero-order chi connectivity index (χ0) is 31.1. The second kappa shape index (κ2) is 14.3. The minimum absolute atomic E-state index is 0.0791. The minimum Gasteiger partial charge on any atom is -0.354 e. The van der Waals surface area contributed by atoms with E-state index in [9.17, 15) is 31.2 Å². The van der Waals surface area contributed by atoms with Crippen LogP contribution >= 0.6 is 23.2 Å². The van der Waals surface area contributed by atoms with Crippen LogP contribution in [0.15, 0.2) is 72.8 Å². The summed E-state index contributed by atoms with van der Waals surface area (Å²) in [4.78, 5) is 28.7. The highest BCUT2D eigenvalue weighted by Crippen LogP contribution is 2.36. The summed E-state index contributed by atoms with van der Waals surface area (Å²) in [6.45, 7) is 1.09. The van der Waals surface area contributed by atoms with Gasteiger partial charge in [-0.3, -0.25) is 13.9 Å². The lowest BCUT2D eigenvalue weighted by atomic mass is 10.0. The summed E-state index contributed by atoms with van der Waals surface area (Å²) in [6, 6.07) is 16.6. The Balaban J connectivity index is 2.11. The lowest BCUT2D eigenvalue weighted by molar-refractivity contribution is -0.140.